The van der Waals surface area contributed by atoms with Crippen molar-refractivity contribution in [3.8, 4) is 50.7 Å². The van der Waals surface area contributed by atoms with Crippen LogP contribution in [0.25, 0.3) is 105 Å². The summed E-state index contributed by atoms with van der Waals surface area (Å²) in [6.45, 7) is 2.13. The summed E-state index contributed by atoms with van der Waals surface area (Å²) >= 11 is 0. The first-order chi connectivity index (χ1) is 40.1. The fourth-order valence-electron chi connectivity index (χ4n) is 11.5. The molecular weight excluding hydrogens is 985 g/mol. The number of rotatable bonds is 13. The van der Waals surface area contributed by atoms with Gasteiger partial charge in [0.2, 0.25) is 0 Å². The summed E-state index contributed by atoms with van der Waals surface area (Å²) < 4.78 is 2.38. The molecule has 3 aromatic heterocycles. The van der Waals surface area contributed by atoms with Crippen LogP contribution in [0.15, 0.2) is 297 Å². The van der Waals surface area contributed by atoms with Crippen LogP contribution in [0.4, 0.5) is 11.4 Å². The Morgan fingerprint density at radius 2 is 0.963 bits per heavy atom. The van der Waals surface area contributed by atoms with Gasteiger partial charge in [-0.3, -0.25) is 0 Å². The van der Waals surface area contributed by atoms with Crippen LogP contribution in [-0.4, -0.2) is 24.5 Å². The normalized spacial score (nSPS) is 12.1. The first-order valence-corrected chi connectivity index (χ1v) is 27.6. The lowest BCUT2D eigenvalue weighted by molar-refractivity contribution is 1.03. The Bertz CT molecular complexity index is 4570. The van der Waals surface area contributed by atoms with Gasteiger partial charge in [0.1, 0.15) is 0 Å². The lowest BCUT2D eigenvalue weighted by atomic mass is 9.95. The van der Waals surface area contributed by atoms with Crippen molar-refractivity contribution in [2.45, 2.75) is 13.3 Å². The van der Waals surface area contributed by atoms with E-state index in [1.54, 1.807) is 0 Å². The molecule has 0 unspecified atom stereocenters. The van der Waals surface area contributed by atoms with E-state index in [2.05, 4.69) is 294 Å². The zero-order chi connectivity index (χ0) is 54.1. The molecule has 0 aliphatic rings. The molecule has 0 atom stereocenters. The molecule has 0 spiro atoms. The zero-order valence-corrected chi connectivity index (χ0v) is 44.7. The van der Waals surface area contributed by atoms with Gasteiger partial charge in [-0.25, -0.2) is 15.0 Å². The molecule has 81 heavy (non-hydrogen) atoms. The molecule has 1 N–H and O–H groups in total. The summed E-state index contributed by atoms with van der Waals surface area (Å²) in [6, 6.07) is 101. The Morgan fingerprint density at radius 1 is 0.432 bits per heavy atom. The van der Waals surface area contributed by atoms with E-state index in [4.69, 9.17) is 15.0 Å². The van der Waals surface area contributed by atoms with Crippen molar-refractivity contribution in [3.05, 3.63) is 314 Å². The summed E-state index contributed by atoms with van der Waals surface area (Å²) in [5, 5.41) is 4.77. The Kier molecular flexibility index (Phi) is 12.8. The van der Waals surface area contributed by atoms with Crippen LogP contribution in [0.3, 0.4) is 0 Å². The van der Waals surface area contributed by atoms with Crippen molar-refractivity contribution in [1.29, 1.82) is 0 Å². The van der Waals surface area contributed by atoms with Gasteiger partial charge in [-0.2, -0.15) is 0 Å². The molecule has 14 rings (SSSR count). The maximum Gasteiger partial charge on any atom is 0.164 e. The highest BCUT2D eigenvalue weighted by atomic mass is 15.2. The Morgan fingerprint density at radius 3 is 1.62 bits per heavy atom. The van der Waals surface area contributed by atoms with Crippen LogP contribution in [-0.2, 0) is 6.42 Å². The van der Waals surface area contributed by atoms with E-state index in [0.717, 1.165) is 94.8 Å². The highest BCUT2D eigenvalue weighted by molar-refractivity contribution is 6.25. The zero-order valence-electron chi connectivity index (χ0n) is 44.7. The molecule has 0 aliphatic carbocycles. The number of anilines is 2. The Balaban J connectivity index is 0.986. The molecule has 0 radical (unpaired) electrons. The van der Waals surface area contributed by atoms with Crippen molar-refractivity contribution < 1.29 is 0 Å². The summed E-state index contributed by atoms with van der Waals surface area (Å²) in [5.41, 5.74) is 19.2. The van der Waals surface area contributed by atoms with Crippen molar-refractivity contribution >= 4 is 66.1 Å². The maximum atomic E-state index is 5.43. The van der Waals surface area contributed by atoms with Crippen molar-refractivity contribution in [3.63, 3.8) is 0 Å². The second-order valence-electron chi connectivity index (χ2n) is 20.5. The van der Waals surface area contributed by atoms with Crippen LogP contribution in [0, 0.1) is 0 Å². The molecule has 0 aliphatic heterocycles. The number of para-hydroxylation sites is 3. The minimum atomic E-state index is 0.586. The number of aromatic nitrogens is 5. The number of hydrogen-bond acceptors (Lipinski definition) is 4. The third-order valence-electron chi connectivity index (χ3n) is 15.3. The van der Waals surface area contributed by atoms with E-state index in [0.29, 0.717) is 23.9 Å². The first-order valence-electron chi connectivity index (χ1n) is 27.6. The largest absolute Gasteiger partial charge is 0.354 e. The number of hydrogen-bond donors (Lipinski definition) is 1. The van der Waals surface area contributed by atoms with Gasteiger partial charge in [0.15, 0.2) is 17.5 Å². The minimum absolute atomic E-state index is 0.586. The molecule has 6 heteroatoms. The molecule has 6 nitrogen and oxygen atoms in total. The minimum Gasteiger partial charge on any atom is -0.354 e. The molecule has 0 amide bonds. The lowest BCUT2D eigenvalue weighted by Gasteiger charge is -2.31. The van der Waals surface area contributed by atoms with E-state index < -0.39 is 0 Å². The SMILES string of the molecule is C/C(=C\C(=C(/Cc1ccccc1)N(c1ccccc1)c1ccc2c(c1)[nH]c1c2ccc2c1c1ccccc1n2-c1ccccc1)c1ccccc1)c1nc(-c2ccccc2)nc(-c2cc(-c3ccccc3)cc(-c3ccccc3)c2)n1. The van der Waals surface area contributed by atoms with E-state index in [1.807, 2.05) is 18.2 Å². The number of allylic oxidation sites excluding steroid dienone is 4. The predicted octanol–water partition coefficient (Wildman–Crippen LogP) is 19.2. The smallest absolute Gasteiger partial charge is 0.164 e. The molecule has 0 fully saturated rings. The monoisotopic (exact) mass is 1040 g/mol. The molecule has 11 aromatic carbocycles. The molecule has 384 valence electrons. The van der Waals surface area contributed by atoms with Gasteiger partial charge in [0, 0.05) is 72.9 Å². The van der Waals surface area contributed by atoms with Crippen LogP contribution < -0.4 is 4.90 Å². The fraction of sp³-hybridized carbons (Fsp3) is 0.0267. The van der Waals surface area contributed by atoms with Crippen molar-refractivity contribution in [2.75, 3.05) is 4.90 Å². The third kappa shape index (κ3) is 9.45. The summed E-state index contributed by atoms with van der Waals surface area (Å²) in [4.78, 5) is 22.5. The van der Waals surface area contributed by atoms with E-state index >= 15 is 0 Å². The highest BCUT2D eigenvalue weighted by Gasteiger charge is 2.24. The van der Waals surface area contributed by atoms with E-state index in [-0.39, 0.29) is 0 Å². The first kappa shape index (κ1) is 48.7. The highest BCUT2D eigenvalue weighted by Crippen LogP contribution is 2.43. The van der Waals surface area contributed by atoms with Crippen LogP contribution in [0.5, 0.6) is 0 Å². The van der Waals surface area contributed by atoms with Crippen LogP contribution in [0.2, 0.25) is 0 Å². The third-order valence-corrected chi connectivity index (χ3v) is 15.3. The number of benzene rings is 11. The Hall–Kier alpha value is -10.7. The number of fused-ring (bicyclic) bond motifs is 7. The maximum absolute atomic E-state index is 5.43. The van der Waals surface area contributed by atoms with E-state index in [9.17, 15) is 0 Å². The van der Waals surface area contributed by atoms with E-state index in [1.165, 1.54) is 27.2 Å². The standard InChI is InChI=1S/C75H54N6/c1-51(73-77-74(56-33-17-6-18-34-56)79-75(78-73)59-48-57(53-27-11-3-12-28-53)47-58(49-59)54-29-13-4-14-30-54)45-66(55-31-15-5-16-32-55)70(46-52-25-9-2-10-26-52)80(60-35-19-7-20-36-60)62-41-42-63-64-43-44-69-71(72(64)76-67(63)50-62)65-39-23-24-40-68(65)81(69)61-37-21-8-22-38-61/h2-45,47-50,76H,46H2,1H3/b51-45+,70-66-. The molecule has 0 bridgehead atoms. The molecule has 0 saturated carbocycles. The summed E-state index contributed by atoms with van der Waals surface area (Å²) in [5.74, 6) is 1.78. The van der Waals surface area contributed by atoms with Gasteiger partial charge in [-0.15, -0.1) is 0 Å². The van der Waals surface area contributed by atoms with Crippen LogP contribution >= 0.6 is 0 Å². The predicted molar refractivity (Wildman–Crippen MR) is 337 cm³/mol. The van der Waals surface area contributed by atoms with Gasteiger partial charge in [0.05, 0.1) is 16.6 Å². The van der Waals surface area contributed by atoms with Crippen molar-refractivity contribution in [2.24, 2.45) is 0 Å². The number of nitrogens with zero attached hydrogens (tertiary/aromatic N) is 5. The molecule has 0 saturated heterocycles. The van der Waals surface area contributed by atoms with Crippen molar-refractivity contribution in [1.82, 2.24) is 24.5 Å². The summed E-state index contributed by atoms with van der Waals surface area (Å²) in [6.07, 6.45) is 2.90. The Labute approximate surface area is 471 Å². The average molecular weight is 1040 g/mol. The summed E-state index contributed by atoms with van der Waals surface area (Å²) in [7, 11) is 0. The second kappa shape index (κ2) is 21.3. The van der Waals surface area contributed by atoms with Crippen LogP contribution in [0.1, 0.15) is 23.9 Å². The quantitative estimate of drug-likeness (QED) is 0.117. The van der Waals surface area contributed by atoms with Gasteiger partial charge >= 0.3 is 0 Å². The topological polar surface area (TPSA) is 62.6 Å². The molecular formula is C75H54N6. The number of H-pyrrole nitrogens is 1. The van der Waals surface area contributed by atoms with Gasteiger partial charge in [0.25, 0.3) is 0 Å². The number of nitrogens with one attached hydrogen (secondary N) is 1. The second-order valence-corrected chi connectivity index (χ2v) is 20.5. The van der Waals surface area contributed by atoms with Gasteiger partial charge in [-0.1, -0.05) is 218 Å². The molecule has 14 aromatic rings. The molecule has 3 heterocycles. The van der Waals surface area contributed by atoms with Gasteiger partial charge < -0.3 is 14.5 Å². The lowest BCUT2D eigenvalue weighted by Crippen LogP contribution is -2.20. The van der Waals surface area contributed by atoms with Gasteiger partial charge in [-0.05, 0) is 119 Å². The average Bonchev–Trinajstić information content (AvgIpc) is 4.25. The fourth-order valence-corrected chi connectivity index (χ4v) is 11.5. The number of aromatic amines is 1.